The minimum absolute atomic E-state index is 0.326. The van der Waals surface area contributed by atoms with E-state index in [1.165, 1.54) is 6.92 Å². The van der Waals surface area contributed by atoms with Crippen LogP contribution in [-0.2, 0) is 14.3 Å². The second-order valence-corrected chi connectivity index (χ2v) is 3.66. The van der Waals surface area contributed by atoms with Gasteiger partial charge in [0.2, 0.25) is 5.88 Å². The van der Waals surface area contributed by atoms with Crippen LogP contribution in [0.5, 0.6) is 0 Å². The first kappa shape index (κ1) is 18.3. The molecule has 10 heteroatoms. The molecule has 0 amide bonds. The van der Waals surface area contributed by atoms with Crippen molar-refractivity contribution in [2.24, 2.45) is 0 Å². The van der Waals surface area contributed by atoms with Gasteiger partial charge in [0.05, 0.1) is 6.61 Å². The van der Waals surface area contributed by atoms with Crippen molar-refractivity contribution in [2.45, 2.75) is 19.3 Å². The van der Waals surface area contributed by atoms with Crippen molar-refractivity contribution < 1.29 is 40.7 Å². The van der Waals surface area contributed by atoms with Crippen molar-refractivity contribution in [3.8, 4) is 0 Å². The number of alkyl halides is 6. The molecule has 0 aliphatic heterocycles. The fraction of sp³-hybridized carbons (Fsp3) is 0.600. The van der Waals surface area contributed by atoms with Crippen molar-refractivity contribution >= 4 is 11.6 Å². The molecular weight excluding hydrogens is 296 g/mol. The summed E-state index contributed by atoms with van der Waals surface area (Å²) in [4.78, 5) is 22.8. The van der Waals surface area contributed by atoms with E-state index in [2.05, 4.69) is 4.74 Å². The first-order chi connectivity index (χ1) is 8.84. The number of carbonyl (C=O) groups is 2. The van der Waals surface area contributed by atoms with E-state index in [0.717, 1.165) is 14.1 Å². The van der Waals surface area contributed by atoms with E-state index in [4.69, 9.17) is 0 Å². The van der Waals surface area contributed by atoms with Crippen LogP contribution in [-0.4, -0.2) is 49.5 Å². The van der Waals surface area contributed by atoms with Crippen molar-refractivity contribution in [2.75, 3.05) is 20.7 Å². The maximum atomic E-state index is 12.3. The molecule has 0 fully saturated rings. The minimum Gasteiger partial charge on any atom is -0.479 e. The number of carbonyl (C=O) groups excluding carboxylic acids is 2. The van der Waals surface area contributed by atoms with Gasteiger partial charge in [-0.15, -0.1) is 0 Å². The lowest BCUT2D eigenvalue weighted by atomic mass is 10.1. The molecule has 0 atom stereocenters. The molecule has 0 aromatic carbocycles. The van der Waals surface area contributed by atoms with E-state index in [9.17, 15) is 35.9 Å². The topological polar surface area (TPSA) is 46.6 Å². The SMILES string of the molecule is CCOC(=C(C(=O)C(F)(F)F)C(=O)C(F)(F)F)N(C)C. The van der Waals surface area contributed by atoms with Gasteiger partial charge in [-0.2, -0.15) is 26.3 Å². The molecule has 0 saturated heterocycles. The number of nitrogens with zero attached hydrogens (tertiary/aromatic N) is 1. The lowest BCUT2D eigenvalue weighted by Gasteiger charge is -2.21. The van der Waals surface area contributed by atoms with Gasteiger partial charge in [-0.25, -0.2) is 0 Å². The highest BCUT2D eigenvalue weighted by atomic mass is 19.4. The first-order valence-corrected chi connectivity index (χ1v) is 5.11. The van der Waals surface area contributed by atoms with Gasteiger partial charge in [0.15, 0.2) is 0 Å². The second kappa shape index (κ2) is 6.14. The molecule has 116 valence electrons. The van der Waals surface area contributed by atoms with Crippen molar-refractivity contribution in [3.05, 3.63) is 11.5 Å². The zero-order valence-electron chi connectivity index (χ0n) is 10.6. The third-order valence-corrected chi connectivity index (χ3v) is 1.87. The highest BCUT2D eigenvalue weighted by Crippen LogP contribution is 2.29. The fourth-order valence-electron chi connectivity index (χ4n) is 1.14. The quantitative estimate of drug-likeness (QED) is 0.256. The predicted molar refractivity (Wildman–Crippen MR) is 54.5 cm³/mol. The number of halogens is 6. The molecule has 0 bridgehead atoms. The Labute approximate surface area is 110 Å². The van der Waals surface area contributed by atoms with Crippen LogP contribution in [0.1, 0.15) is 6.92 Å². The Morgan fingerprint density at radius 3 is 1.50 bits per heavy atom. The van der Waals surface area contributed by atoms with Crippen LogP contribution in [0.15, 0.2) is 11.5 Å². The number of Topliss-reactive ketones (excluding diaryl/α,β-unsaturated/α-hetero) is 2. The molecule has 0 aromatic rings. The number of rotatable bonds is 5. The van der Waals surface area contributed by atoms with E-state index in [-0.39, 0.29) is 6.61 Å². The van der Waals surface area contributed by atoms with E-state index < -0.39 is 35.4 Å². The van der Waals surface area contributed by atoms with Gasteiger partial charge < -0.3 is 9.64 Å². The molecule has 0 saturated carbocycles. The van der Waals surface area contributed by atoms with Crippen LogP contribution in [0.3, 0.4) is 0 Å². The van der Waals surface area contributed by atoms with E-state index in [1.54, 1.807) is 0 Å². The average molecular weight is 307 g/mol. The summed E-state index contributed by atoms with van der Waals surface area (Å²) >= 11 is 0. The molecule has 0 aliphatic carbocycles. The number of hydrogen-bond acceptors (Lipinski definition) is 4. The summed E-state index contributed by atoms with van der Waals surface area (Å²) in [6.45, 7) is 0.949. The van der Waals surface area contributed by atoms with Crippen molar-refractivity contribution in [3.63, 3.8) is 0 Å². The third kappa shape index (κ3) is 4.42. The van der Waals surface area contributed by atoms with E-state index in [0.29, 0.717) is 4.90 Å². The summed E-state index contributed by atoms with van der Waals surface area (Å²) < 4.78 is 78.6. The lowest BCUT2D eigenvalue weighted by molar-refractivity contribution is -0.176. The molecule has 4 nitrogen and oxygen atoms in total. The Hall–Kier alpha value is -1.74. The largest absolute Gasteiger partial charge is 0.479 e. The molecule has 20 heavy (non-hydrogen) atoms. The normalized spacial score (nSPS) is 11.8. The van der Waals surface area contributed by atoms with Gasteiger partial charge in [-0.3, -0.25) is 9.59 Å². The summed E-state index contributed by atoms with van der Waals surface area (Å²) in [5.74, 6) is -6.90. The molecule has 0 heterocycles. The maximum absolute atomic E-state index is 12.3. The van der Waals surface area contributed by atoms with Crippen LogP contribution >= 0.6 is 0 Å². The molecule has 0 radical (unpaired) electrons. The predicted octanol–water partition coefficient (Wildman–Crippen LogP) is 2.06. The Kier molecular flexibility index (Phi) is 5.61. The molecule has 0 rings (SSSR count). The summed E-state index contributed by atoms with van der Waals surface area (Å²) in [7, 11) is 2.08. The molecule has 0 spiro atoms. The summed E-state index contributed by atoms with van der Waals surface area (Å²) in [5, 5.41) is 0. The van der Waals surface area contributed by atoms with Gasteiger partial charge >= 0.3 is 12.4 Å². The van der Waals surface area contributed by atoms with Crippen LogP contribution in [0.2, 0.25) is 0 Å². The molecule has 0 aromatic heterocycles. The van der Waals surface area contributed by atoms with Crippen LogP contribution in [0.4, 0.5) is 26.3 Å². The zero-order chi connectivity index (χ0) is 16.3. The first-order valence-electron chi connectivity index (χ1n) is 5.11. The zero-order valence-corrected chi connectivity index (χ0v) is 10.6. The summed E-state index contributed by atoms with van der Waals surface area (Å²) in [5.41, 5.74) is -2.09. The fourth-order valence-corrected chi connectivity index (χ4v) is 1.14. The van der Waals surface area contributed by atoms with Gasteiger partial charge in [-0.1, -0.05) is 0 Å². The smallest absolute Gasteiger partial charge is 0.455 e. The Morgan fingerprint density at radius 2 is 1.30 bits per heavy atom. The third-order valence-electron chi connectivity index (χ3n) is 1.87. The van der Waals surface area contributed by atoms with Gasteiger partial charge in [0.25, 0.3) is 11.6 Å². The Bertz CT molecular complexity index is 394. The molecule has 0 aliphatic rings. The number of ketones is 2. The summed E-state index contributed by atoms with van der Waals surface area (Å²) in [6, 6.07) is 0. The number of hydrogen-bond donors (Lipinski definition) is 0. The molecule has 0 N–H and O–H groups in total. The number of ether oxygens (including phenoxy) is 1. The van der Waals surface area contributed by atoms with E-state index in [1.807, 2.05) is 0 Å². The Balaban J connectivity index is 6.14. The standard InChI is InChI=1S/C10H11F6NO3/c1-4-20-8(17(2)3)5(6(18)9(11,12)13)7(19)10(14,15)16/h4H2,1-3H3. The maximum Gasteiger partial charge on any atom is 0.455 e. The number of allylic oxidation sites excluding steroid dienone is 1. The summed E-state index contributed by atoms with van der Waals surface area (Å²) in [6.07, 6.45) is -11.3. The van der Waals surface area contributed by atoms with Gasteiger partial charge in [-0.05, 0) is 6.92 Å². The van der Waals surface area contributed by atoms with Crippen LogP contribution in [0, 0.1) is 0 Å². The molecular formula is C10H11F6NO3. The van der Waals surface area contributed by atoms with Crippen LogP contribution < -0.4 is 0 Å². The van der Waals surface area contributed by atoms with Crippen molar-refractivity contribution in [1.82, 2.24) is 4.90 Å². The lowest BCUT2D eigenvalue weighted by Crippen LogP contribution is -2.38. The van der Waals surface area contributed by atoms with Crippen LogP contribution in [0.25, 0.3) is 0 Å². The van der Waals surface area contributed by atoms with Crippen molar-refractivity contribution in [1.29, 1.82) is 0 Å². The van der Waals surface area contributed by atoms with E-state index >= 15 is 0 Å². The Morgan fingerprint density at radius 1 is 0.950 bits per heavy atom. The van der Waals surface area contributed by atoms with Gasteiger partial charge in [0.1, 0.15) is 5.57 Å². The highest BCUT2D eigenvalue weighted by molar-refractivity contribution is 6.24. The monoisotopic (exact) mass is 307 g/mol. The molecule has 0 unspecified atom stereocenters. The minimum atomic E-state index is -5.63. The highest BCUT2D eigenvalue weighted by Gasteiger charge is 2.52. The second-order valence-electron chi connectivity index (χ2n) is 3.66. The average Bonchev–Trinajstić information content (AvgIpc) is 2.24. The van der Waals surface area contributed by atoms with Gasteiger partial charge in [0, 0.05) is 14.1 Å².